The lowest BCUT2D eigenvalue weighted by Gasteiger charge is -2.38. The molecule has 0 saturated heterocycles. The van der Waals surface area contributed by atoms with Gasteiger partial charge < -0.3 is 20.4 Å². The third-order valence-corrected chi connectivity index (χ3v) is 4.15. The van der Waals surface area contributed by atoms with Gasteiger partial charge in [-0.3, -0.25) is 4.79 Å². The minimum atomic E-state index is -1.41. The van der Waals surface area contributed by atoms with E-state index >= 15 is 0 Å². The molecule has 1 aliphatic carbocycles. The van der Waals surface area contributed by atoms with E-state index < -0.39 is 30.4 Å². The number of rotatable bonds is 5. The van der Waals surface area contributed by atoms with Gasteiger partial charge in [-0.2, -0.15) is 0 Å². The fraction of sp³-hybridized carbons (Fsp3) is 0.786. The number of hydrogen-bond acceptors (Lipinski definition) is 3. The largest absolute Gasteiger partial charge is 0.481 e. The molecule has 1 unspecified atom stereocenters. The summed E-state index contributed by atoms with van der Waals surface area (Å²) in [6.07, 6.45) is 3.12. The Balaban J connectivity index is 2.57. The molecule has 7 nitrogen and oxygen atoms in total. The molecule has 1 rings (SSSR count). The first kappa shape index (κ1) is 17.3. The quantitative estimate of drug-likeness (QED) is 0.713. The summed E-state index contributed by atoms with van der Waals surface area (Å²) >= 11 is 0. The second-order valence-electron chi connectivity index (χ2n) is 6.44. The highest BCUT2D eigenvalue weighted by Crippen LogP contribution is 2.36. The second-order valence-corrected chi connectivity index (χ2v) is 6.44. The van der Waals surface area contributed by atoms with E-state index in [4.69, 9.17) is 10.2 Å². The van der Waals surface area contributed by atoms with Crippen molar-refractivity contribution in [1.29, 1.82) is 0 Å². The SMILES string of the molecule is CN(C(=O)NC(CC(=O)O)C(=O)O)C1CCC(C)(C)CC1. The van der Waals surface area contributed by atoms with E-state index in [0.29, 0.717) is 0 Å². The molecule has 0 aromatic rings. The number of carbonyl (C=O) groups is 3. The van der Waals surface area contributed by atoms with E-state index in [-0.39, 0.29) is 11.5 Å². The lowest BCUT2D eigenvalue weighted by molar-refractivity contribution is -0.145. The molecule has 0 spiro atoms. The molecule has 21 heavy (non-hydrogen) atoms. The number of urea groups is 1. The molecular formula is C14H24N2O5. The number of nitrogens with zero attached hydrogens (tertiary/aromatic N) is 1. The molecule has 2 amide bonds. The Bertz CT molecular complexity index is 412. The number of aliphatic carboxylic acids is 2. The molecule has 0 bridgehead atoms. The van der Waals surface area contributed by atoms with Crippen LogP contribution in [0.15, 0.2) is 0 Å². The van der Waals surface area contributed by atoms with Gasteiger partial charge in [-0.25, -0.2) is 9.59 Å². The molecule has 1 atom stereocenters. The maximum absolute atomic E-state index is 12.1. The van der Waals surface area contributed by atoms with Crippen LogP contribution in [0.2, 0.25) is 0 Å². The summed E-state index contributed by atoms with van der Waals surface area (Å²) in [5.74, 6) is -2.60. The fourth-order valence-electron chi connectivity index (χ4n) is 2.56. The first-order valence-electron chi connectivity index (χ1n) is 7.10. The molecule has 0 radical (unpaired) electrons. The second kappa shape index (κ2) is 6.78. The van der Waals surface area contributed by atoms with Gasteiger partial charge in [0.1, 0.15) is 6.04 Å². The van der Waals surface area contributed by atoms with Crippen molar-refractivity contribution in [3.05, 3.63) is 0 Å². The molecule has 1 saturated carbocycles. The van der Waals surface area contributed by atoms with Gasteiger partial charge in [-0.15, -0.1) is 0 Å². The normalized spacial score (nSPS) is 19.6. The summed E-state index contributed by atoms with van der Waals surface area (Å²) in [6, 6.07) is -1.87. The van der Waals surface area contributed by atoms with Crippen LogP contribution in [-0.4, -0.2) is 52.2 Å². The summed E-state index contributed by atoms with van der Waals surface area (Å²) in [6.45, 7) is 4.38. The van der Waals surface area contributed by atoms with Crippen molar-refractivity contribution in [2.24, 2.45) is 5.41 Å². The Morgan fingerprint density at radius 1 is 1.24 bits per heavy atom. The zero-order valence-corrected chi connectivity index (χ0v) is 12.8. The third kappa shape index (κ3) is 5.24. The van der Waals surface area contributed by atoms with Crippen molar-refractivity contribution in [2.45, 2.75) is 58.0 Å². The summed E-state index contributed by atoms with van der Waals surface area (Å²) in [5.41, 5.74) is 0.278. The molecule has 0 heterocycles. The Hall–Kier alpha value is -1.79. The molecule has 7 heteroatoms. The molecular weight excluding hydrogens is 276 g/mol. The highest BCUT2D eigenvalue weighted by molar-refractivity contribution is 5.86. The number of amides is 2. The van der Waals surface area contributed by atoms with Crippen LogP contribution in [0, 0.1) is 5.41 Å². The Labute approximate surface area is 124 Å². The molecule has 1 fully saturated rings. The predicted molar refractivity (Wildman–Crippen MR) is 76.0 cm³/mol. The predicted octanol–water partition coefficient (Wildman–Crippen LogP) is 1.52. The topological polar surface area (TPSA) is 107 Å². The number of hydrogen-bond donors (Lipinski definition) is 3. The third-order valence-electron chi connectivity index (χ3n) is 4.15. The maximum Gasteiger partial charge on any atom is 0.326 e. The van der Waals surface area contributed by atoms with Gasteiger partial charge in [-0.1, -0.05) is 13.8 Å². The van der Waals surface area contributed by atoms with Crippen LogP contribution < -0.4 is 5.32 Å². The van der Waals surface area contributed by atoms with Gasteiger partial charge >= 0.3 is 18.0 Å². The van der Waals surface area contributed by atoms with E-state index in [1.54, 1.807) is 7.05 Å². The number of carbonyl (C=O) groups excluding carboxylic acids is 1. The molecule has 3 N–H and O–H groups in total. The van der Waals surface area contributed by atoms with E-state index in [1.807, 2.05) is 0 Å². The lowest BCUT2D eigenvalue weighted by atomic mass is 9.75. The zero-order chi connectivity index (χ0) is 16.2. The number of carboxylic acid groups (broad SMARTS) is 2. The van der Waals surface area contributed by atoms with E-state index in [2.05, 4.69) is 19.2 Å². The monoisotopic (exact) mass is 300 g/mol. The average molecular weight is 300 g/mol. The Morgan fingerprint density at radius 3 is 2.19 bits per heavy atom. The highest BCUT2D eigenvalue weighted by Gasteiger charge is 2.32. The van der Waals surface area contributed by atoms with E-state index in [0.717, 1.165) is 25.7 Å². The van der Waals surface area contributed by atoms with Gasteiger partial charge in [-0.05, 0) is 31.1 Å². The molecule has 0 aromatic heterocycles. The summed E-state index contributed by atoms with van der Waals surface area (Å²) in [7, 11) is 1.62. The first-order chi connectivity index (χ1) is 9.62. The van der Waals surface area contributed by atoms with Crippen LogP contribution in [0.25, 0.3) is 0 Å². The summed E-state index contributed by atoms with van der Waals surface area (Å²) in [5, 5.41) is 19.9. The van der Waals surface area contributed by atoms with Crippen LogP contribution in [0.1, 0.15) is 46.0 Å². The highest BCUT2D eigenvalue weighted by atomic mass is 16.4. The average Bonchev–Trinajstić information content (AvgIpc) is 2.36. The van der Waals surface area contributed by atoms with E-state index in [9.17, 15) is 14.4 Å². The van der Waals surface area contributed by atoms with E-state index in [1.165, 1.54) is 4.90 Å². The summed E-state index contributed by atoms with van der Waals surface area (Å²) < 4.78 is 0. The van der Waals surface area contributed by atoms with Crippen LogP contribution in [-0.2, 0) is 9.59 Å². The number of nitrogens with one attached hydrogen (secondary N) is 1. The van der Waals surface area contributed by atoms with Crippen molar-refractivity contribution in [3.63, 3.8) is 0 Å². The molecule has 1 aliphatic rings. The number of carboxylic acids is 2. The van der Waals surface area contributed by atoms with Gasteiger partial charge in [0.2, 0.25) is 0 Å². The Morgan fingerprint density at radius 2 is 1.76 bits per heavy atom. The standard InChI is InChI=1S/C14H24N2O5/c1-14(2)6-4-9(5-7-14)16(3)13(21)15-10(12(19)20)8-11(17)18/h9-10H,4-8H2,1-3H3,(H,15,21)(H,17,18)(H,19,20). The smallest absolute Gasteiger partial charge is 0.326 e. The van der Waals surface area contributed by atoms with Crippen molar-refractivity contribution in [3.8, 4) is 0 Å². The van der Waals surface area contributed by atoms with Gasteiger partial charge in [0.15, 0.2) is 0 Å². The van der Waals surface area contributed by atoms with Crippen molar-refractivity contribution in [2.75, 3.05) is 7.05 Å². The van der Waals surface area contributed by atoms with Gasteiger partial charge in [0.25, 0.3) is 0 Å². The molecule has 120 valence electrons. The van der Waals surface area contributed by atoms with Crippen LogP contribution in [0.3, 0.4) is 0 Å². The fourth-order valence-corrected chi connectivity index (χ4v) is 2.56. The van der Waals surface area contributed by atoms with Crippen LogP contribution in [0.4, 0.5) is 4.79 Å². The molecule has 0 aliphatic heterocycles. The minimum Gasteiger partial charge on any atom is -0.481 e. The zero-order valence-electron chi connectivity index (χ0n) is 12.8. The summed E-state index contributed by atoms with van der Waals surface area (Å²) in [4.78, 5) is 35.1. The minimum absolute atomic E-state index is 0.0669. The lowest BCUT2D eigenvalue weighted by Crippen LogP contribution is -2.51. The molecule has 0 aromatic carbocycles. The Kier molecular flexibility index (Phi) is 5.57. The van der Waals surface area contributed by atoms with Gasteiger partial charge in [0.05, 0.1) is 6.42 Å². The van der Waals surface area contributed by atoms with Crippen LogP contribution >= 0.6 is 0 Å². The first-order valence-corrected chi connectivity index (χ1v) is 7.10. The van der Waals surface area contributed by atoms with Crippen LogP contribution in [0.5, 0.6) is 0 Å². The van der Waals surface area contributed by atoms with Crippen molar-refractivity contribution >= 4 is 18.0 Å². The van der Waals surface area contributed by atoms with Crippen molar-refractivity contribution < 1.29 is 24.6 Å². The maximum atomic E-state index is 12.1. The van der Waals surface area contributed by atoms with Gasteiger partial charge in [0, 0.05) is 13.1 Å². The van der Waals surface area contributed by atoms with Crippen molar-refractivity contribution in [1.82, 2.24) is 10.2 Å².